The van der Waals surface area contributed by atoms with Crippen molar-refractivity contribution in [3.05, 3.63) is 29.8 Å². The van der Waals surface area contributed by atoms with Crippen LogP contribution in [-0.4, -0.2) is 47.9 Å². The van der Waals surface area contributed by atoms with E-state index in [1.165, 1.54) is 4.90 Å². The quantitative estimate of drug-likeness (QED) is 0.709. The second-order valence-corrected chi connectivity index (χ2v) is 4.47. The van der Waals surface area contributed by atoms with Crippen LogP contribution in [0.2, 0.25) is 0 Å². The first kappa shape index (κ1) is 15.6. The highest BCUT2D eigenvalue weighted by Gasteiger charge is 2.17. The van der Waals surface area contributed by atoms with Crippen LogP contribution in [-0.2, 0) is 9.59 Å². The first-order valence-electron chi connectivity index (χ1n) is 5.91. The third-order valence-electron chi connectivity index (χ3n) is 2.54. The number of carbonyl (C=O) groups excluding carboxylic acids is 2. The maximum Gasteiger partial charge on any atom is 0.305 e. The highest BCUT2D eigenvalue weighted by molar-refractivity contribution is 5.98. The van der Waals surface area contributed by atoms with Crippen LogP contribution in [0.15, 0.2) is 24.3 Å². The largest absolute Gasteiger partial charge is 0.481 e. The Hall–Kier alpha value is -2.41. The summed E-state index contributed by atoms with van der Waals surface area (Å²) in [6.07, 6.45) is -0.441. The molecule has 7 heteroatoms. The number of anilines is 1. The molecule has 0 aliphatic heterocycles. The minimum Gasteiger partial charge on any atom is -0.481 e. The van der Waals surface area contributed by atoms with Gasteiger partial charge in [-0.1, -0.05) is 0 Å². The van der Waals surface area contributed by atoms with Gasteiger partial charge in [-0.3, -0.25) is 14.4 Å². The lowest BCUT2D eigenvalue weighted by atomic mass is 10.1. The average molecular weight is 279 g/mol. The zero-order valence-corrected chi connectivity index (χ0v) is 11.3. The number of carbonyl (C=O) groups is 3. The second-order valence-electron chi connectivity index (χ2n) is 4.47. The number of nitrogens with one attached hydrogen (secondary N) is 1. The predicted octanol–water partition coefficient (Wildman–Crippen LogP) is 0.129. The first-order chi connectivity index (χ1) is 9.31. The maximum atomic E-state index is 11.7. The van der Waals surface area contributed by atoms with Crippen molar-refractivity contribution < 1.29 is 19.5 Å². The fourth-order valence-corrected chi connectivity index (χ4v) is 1.47. The van der Waals surface area contributed by atoms with Crippen molar-refractivity contribution in [3.63, 3.8) is 0 Å². The summed E-state index contributed by atoms with van der Waals surface area (Å²) in [6.45, 7) is 0. The monoisotopic (exact) mass is 279 g/mol. The number of amides is 2. The second kappa shape index (κ2) is 6.67. The van der Waals surface area contributed by atoms with Crippen LogP contribution in [0, 0.1) is 0 Å². The van der Waals surface area contributed by atoms with Crippen molar-refractivity contribution in [2.45, 2.75) is 12.5 Å². The van der Waals surface area contributed by atoms with Gasteiger partial charge in [0.25, 0.3) is 5.91 Å². The number of carboxylic acids is 1. The molecule has 2 amide bonds. The summed E-state index contributed by atoms with van der Waals surface area (Å²) in [4.78, 5) is 35.1. The van der Waals surface area contributed by atoms with Crippen LogP contribution in [0.5, 0.6) is 0 Å². The zero-order chi connectivity index (χ0) is 15.3. The average Bonchev–Trinajstić information content (AvgIpc) is 2.37. The Labute approximate surface area is 116 Å². The first-order valence-corrected chi connectivity index (χ1v) is 5.91. The Bertz CT molecular complexity index is 511. The smallest absolute Gasteiger partial charge is 0.305 e. The molecule has 0 aliphatic carbocycles. The molecule has 108 valence electrons. The summed E-state index contributed by atoms with van der Waals surface area (Å²) in [5.41, 5.74) is 6.37. The molecular formula is C13H17N3O4. The van der Waals surface area contributed by atoms with Crippen molar-refractivity contribution in [2.75, 3.05) is 19.4 Å². The van der Waals surface area contributed by atoms with Crippen molar-refractivity contribution in [3.8, 4) is 0 Å². The molecule has 1 aromatic rings. The van der Waals surface area contributed by atoms with Crippen molar-refractivity contribution in [1.29, 1.82) is 0 Å². The summed E-state index contributed by atoms with van der Waals surface area (Å²) in [7, 11) is 3.28. The molecule has 1 atom stereocenters. The summed E-state index contributed by atoms with van der Waals surface area (Å²) in [5, 5.41) is 11.0. The Balaban J connectivity index is 2.68. The van der Waals surface area contributed by atoms with E-state index in [1.54, 1.807) is 38.4 Å². The van der Waals surface area contributed by atoms with Gasteiger partial charge < -0.3 is 21.1 Å². The van der Waals surface area contributed by atoms with E-state index in [-0.39, 0.29) is 5.91 Å². The lowest BCUT2D eigenvalue weighted by Crippen LogP contribution is -2.37. The number of nitrogens with two attached hydrogens (primary N) is 1. The van der Waals surface area contributed by atoms with Crippen molar-refractivity contribution in [1.82, 2.24) is 4.90 Å². The Morgan fingerprint density at radius 1 is 1.25 bits per heavy atom. The predicted molar refractivity (Wildman–Crippen MR) is 73.3 cm³/mol. The molecule has 0 fully saturated rings. The number of rotatable bonds is 5. The number of hydrogen-bond donors (Lipinski definition) is 3. The fourth-order valence-electron chi connectivity index (χ4n) is 1.47. The summed E-state index contributed by atoms with van der Waals surface area (Å²) in [6, 6.07) is 5.14. The van der Waals surface area contributed by atoms with Gasteiger partial charge in [0.2, 0.25) is 5.91 Å². The Kier molecular flexibility index (Phi) is 5.22. The van der Waals surface area contributed by atoms with Crippen LogP contribution in [0.25, 0.3) is 0 Å². The molecule has 0 heterocycles. The molecule has 1 aromatic carbocycles. The number of nitrogens with zero attached hydrogens (tertiary/aromatic N) is 1. The van der Waals surface area contributed by atoms with Crippen LogP contribution in [0.3, 0.4) is 0 Å². The maximum absolute atomic E-state index is 11.7. The van der Waals surface area contributed by atoms with Gasteiger partial charge in [0.15, 0.2) is 0 Å². The summed E-state index contributed by atoms with van der Waals surface area (Å²) >= 11 is 0. The van der Waals surface area contributed by atoms with E-state index >= 15 is 0 Å². The molecule has 0 saturated carbocycles. The van der Waals surface area contributed by atoms with E-state index in [4.69, 9.17) is 10.8 Å². The van der Waals surface area contributed by atoms with E-state index in [0.717, 1.165) is 0 Å². The van der Waals surface area contributed by atoms with Crippen LogP contribution >= 0.6 is 0 Å². The third-order valence-corrected chi connectivity index (χ3v) is 2.54. The van der Waals surface area contributed by atoms with Crippen LogP contribution in [0.4, 0.5) is 5.69 Å². The molecule has 20 heavy (non-hydrogen) atoms. The lowest BCUT2D eigenvalue weighted by Gasteiger charge is -2.12. The molecular weight excluding hydrogens is 262 g/mol. The molecule has 0 saturated heterocycles. The van der Waals surface area contributed by atoms with E-state index in [1.807, 2.05) is 0 Å². The fraction of sp³-hybridized carbons (Fsp3) is 0.308. The van der Waals surface area contributed by atoms with Gasteiger partial charge in [-0.2, -0.15) is 0 Å². The molecule has 0 aliphatic rings. The van der Waals surface area contributed by atoms with Crippen molar-refractivity contribution >= 4 is 23.5 Å². The molecule has 4 N–H and O–H groups in total. The molecule has 7 nitrogen and oxygen atoms in total. The lowest BCUT2D eigenvalue weighted by molar-refractivity contribution is -0.138. The van der Waals surface area contributed by atoms with Gasteiger partial charge in [0, 0.05) is 25.3 Å². The summed E-state index contributed by atoms with van der Waals surface area (Å²) < 4.78 is 0. The Morgan fingerprint density at radius 2 is 1.80 bits per heavy atom. The normalized spacial score (nSPS) is 11.6. The van der Waals surface area contributed by atoms with Crippen LogP contribution in [0.1, 0.15) is 16.8 Å². The molecule has 0 bridgehead atoms. The number of aliphatic carboxylic acids is 1. The minimum absolute atomic E-state index is 0.148. The summed E-state index contributed by atoms with van der Waals surface area (Å²) in [5.74, 6) is -1.87. The molecule has 0 radical (unpaired) electrons. The van der Waals surface area contributed by atoms with Gasteiger partial charge in [0.1, 0.15) is 0 Å². The molecule has 1 unspecified atom stereocenters. The third kappa shape index (κ3) is 4.36. The Morgan fingerprint density at radius 3 is 2.25 bits per heavy atom. The number of benzene rings is 1. The standard InChI is InChI=1S/C13H17N3O4/c1-16(2)13(20)8-3-5-9(6-4-8)15-12(19)10(14)7-11(17)18/h3-6,10H,7,14H2,1-2H3,(H,15,19)(H,17,18). The zero-order valence-electron chi connectivity index (χ0n) is 11.3. The topological polar surface area (TPSA) is 113 Å². The van der Waals surface area contributed by atoms with Gasteiger partial charge >= 0.3 is 5.97 Å². The van der Waals surface area contributed by atoms with Crippen molar-refractivity contribution in [2.24, 2.45) is 5.73 Å². The van der Waals surface area contributed by atoms with E-state index in [0.29, 0.717) is 11.3 Å². The van der Waals surface area contributed by atoms with Gasteiger partial charge in [0.05, 0.1) is 12.5 Å². The SMILES string of the molecule is CN(C)C(=O)c1ccc(NC(=O)C(N)CC(=O)O)cc1. The number of carboxylic acid groups (broad SMARTS) is 1. The van der Waals surface area contributed by atoms with E-state index in [9.17, 15) is 14.4 Å². The van der Waals surface area contributed by atoms with Gasteiger partial charge in [-0.15, -0.1) is 0 Å². The van der Waals surface area contributed by atoms with Crippen LogP contribution < -0.4 is 11.1 Å². The molecule has 1 rings (SSSR count). The van der Waals surface area contributed by atoms with Gasteiger partial charge in [-0.25, -0.2) is 0 Å². The van der Waals surface area contributed by atoms with E-state index in [2.05, 4.69) is 5.32 Å². The highest BCUT2D eigenvalue weighted by atomic mass is 16.4. The minimum atomic E-state index is -1.14. The van der Waals surface area contributed by atoms with E-state index < -0.39 is 24.3 Å². The molecule has 0 aromatic heterocycles. The highest BCUT2D eigenvalue weighted by Crippen LogP contribution is 2.11. The molecule has 0 spiro atoms. The van der Waals surface area contributed by atoms with Gasteiger partial charge in [-0.05, 0) is 24.3 Å². The number of hydrogen-bond acceptors (Lipinski definition) is 4.